The number of aliphatic hydroxyl groups is 1. The molecule has 19 heavy (non-hydrogen) atoms. The van der Waals surface area contributed by atoms with Gasteiger partial charge in [-0.1, -0.05) is 6.92 Å². The number of aromatic nitrogens is 1. The normalized spacial score (nSPS) is 11.1. The van der Waals surface area contributed by atoms with Crippen molar-refractivity contribution in [3.63, 3.8) is 0 Å². The van der Waals surface area contributed by atoms with Crippen LogP contribution in [0.2, 0.25) is 0 Å². The molecule has 0 unspecified atom stereocenters. The summed E-state index contributed by atoms with van der Waals surface area (Å²) in [6, 6.07) is 3.79. The molecule has 0 aliphatic heterocycles. The second-order valence-electron chi connectivity index (χ2n) is 4.78. The highest BCUT2D eigenvalue weighted by Crippen LogP contribution is 2.28. The summed E-state index contributed by atoms with van der Waals surface area (Å²) in [4.78, 5) is 14.5. The number of carboxylic acids is 1. The van der Waals surface area contributed by atoms with E-state index in [0.29, 0.717) is 17.5 Å². The molecule has 0 saturated heterocycles. The average molecular weight is 261 g/mol. The fraction of sp³-hybridized carbons (Fsp3) is 0.400. The minimum atomic E-state index is -0.907. The molecule has 102 valence electrons. The first-order valence-corrected chi connectivity index (χ1v) is 6.56. The Morgan fingerprint density at radius 1 is 1.37 bits per heavy atom. The highest BCUT2D eigenvalue weighted by Gasteiger charge is 2.16. The number of H-pyrrole nitrogens is 1. The molecule has 1 heterocycles. The SMILES string of the molecule is CCc1cc(C(=O)O)c2[nH]c(C)c(CCCO)c2c1. The molecular weight excluding hydrogens is 242 g/mol. The molecule has 0 atom stereocenters. The Hall–Kier alpha value is -1.81. The van der Waals surface area contributed by atoms with Gasteiger partial charge in [0.05, 0.1) is 11.1 Å². The smallest absolute Gasteiger partial charge is 0.337 e. The van der Waals surface area contributed by atoms with Crippen molar-refractivity contribution in [1.29, 1.82) is 0 Å². The molecule has 0 fully saturated rings. The summed E-state index contributed by atoms with van der Waals surface area (Å²) in [5.41, 5.74) is 4.14. The lowest BCUT2D eigenvalue weighted by Gasteiger charge is -2.04. The van der Waals surface area contributed by atoms with Gasteiger partial charge in [0, 0.05) is 17.7 Å². The van der Waals surface area contributed by atoms with Crippen LogP contribution in [0.4, 0.5) is 0 Å². The van der Waals surface area contributed by atoms with Gasteiger partial charge in [-0.05, 0) is 49.4 Å². The van der Waals surface area contributed by atoms with E-state index in [1.165, 1.54) is 0 Å². The van der Waals surface area contributed by atoms with Crippen molar-refractivity contribution in [2.45, 2.75) is 33.1 Å². The van der Waals surface area contributed by atoms with Crippen molar-refractivity contribution in [3.05, 3.63) is 34.5 Å². The average Bonchev–Trinajstić information content (AvgIpc) is 2.70. The van der Waals surface area contributed by atoms with E-state index >= 15 is 0 Å². The fourth-order valence-corrected chi connectivity index (χ4v) is 2.49. The summed E-state index contributed by atoms with van der Waals surface area (Å²) in [6.45, 7) is 4.11. The lowest BCUT2D eigenvalue weighted by Crippen LogP contribution is -1.99. The molecular formula is C15H19NO3. The van der Waals surface area contributed by atoms with Gasteiger partial charge in [-0.15, -0.1) is 0 Å². The third-order valence-corrected chi connectivity index (χ3v) is 3.51. The van der Waals surface area contributed by atoms with Crippen LogP contribution in [0.5, 0.6) is 0 Å². The minimum absolute atomic E-state index is 0.144. The first-order chi connectivity index (χ1) is 9.08. The van der Waals surface area contributed by atoms with E-state index in [2.05, 4.69) is 11.1 Å². The molecule has 4 nitrogen and oxygen atoms in total. The van der Waals surface area contributed by atoms with Crippen LogP contribution in [0, 0.1) is 6.92 Å². The predicted octanol–water partition coefficient (Wildman–Crippen LogP) is 2.66. The molecule has 0 spiro atoms. The van der Waals surface area contributed by atoms with Crippen LogP contribution < -0.4 is 0 Å². The number of carboxylic acid groups (broad SMARTS) is 1. The van der Waals surface area contributed by atoms with Crippen LogP contribution in [0.1, 0.15) is 40.5 Å². The Morgan fingerprint density at radius 2 is 2.11 bits per heavy atom. The number of benzene rings is 1. The van der Waals surface area contributed by atoms with Gasteiger partial charge >= 0.3 is 5.97 Å². The maximum Gasteiger partial charge on any atom is 0.337 e. The molecule has 2 rings (SSSR count). The van der Waals surface area contributed by atoms with Crippen LogP contribution >= 0.6 is 0 Å². The molecule has 0 saturated carbocycles. The molecule has 0 radical (unpaired) electrons. The van der Waals surface area contributed by atoms with Crippen LogP contribution in [-0.2, 0) is 12.8 Å². The summed E-state index contributed by atoms with van der Waals surface area (Å²) >= 11 is 0. The van der Waals surface area contributed by atoms with E-state index in [0.717, 1.165) is 35.0 Å². The quantitative estimate of drug-likeness (QED) is 0.774. The van der Waals surface area contributed by atoms with Crippen LogP contribution in [0.3, 0.4) is 0 Å². The van der Waals surface area contributed by atoms with Crippen LogP contribution in [0.25, 0.3) is 10.9 Å². The van der Waals surface area contributed by atoms with Crippen molar-refractivity contribution in [3.8, 4) is 0 Å². The number of fused-ring (bicyclic) bond motifs is 1. The Balaban J connectivity index is 2.67. The zero-order valence-corrected chi connectivity index (χ0v) is 11.3. The Labute approximate surface area is 112 Å². The number of aryl methyl sites for hydroxylation is 3. The van der Waals surface area contributed by atoms with Crippen molar-refractivity contribution >= 4 is 16.9 Å². The number of hydrogen-bond donors (Lipinski definition) is 3. The van der Waals surface area contributed by atoms with E-state index in [1.54, 1.807) is 6.07 Å². The van der Waals surface area contributed by atoms with Gasteiger partial charge in [-0.25, -0.2) is 4.79 Å². The van der Waals surface area contributed by atoms with Crippen LogP contribution in [-0.4, -0.2) is 27.8 Å². The standard InChI is InChI=1S/C15H19NO3/c1-3-10-7-12-11(5-4-6-17)9(2)16-14(12)13(8-10)15(18)19/h7-8,16-17H,3-6H2,1-2H3,(H,18,19). The third-order valence-electron chi connectivity index (χ3n) is 3.51. The van der Waals surface area contributed by atoms with Crippen molar-refractivity contribution in [2.24, 2.45) is 0 Å². The number of aliphatic hydroxyl groups excluding tert-OH is 1. The molecule has 3 N–H and O–H groups in total. The Morgan fingerprint density at radius 3 is 2.68 bits per heavy atom. The molecule has 1 aromatic heterocycles. The summed E-state index contributed by atoms with van der Waals surface area (Å²) in [7, 11) is 0. The molecule has 0 aliphatic carbocycles. The zero-order valence-electron chi connectivity index (χ0n) is 11.3. The van der Waals surface area contributed by atoms with Crippen LogP contribution in [0.15, 0.2) is 12.1 Å². The van der Waals surface area contributed by atoms with Gasteiger partial charge in [0.2, 0.25) is 0 Å². The summed E-state index contributed by atoms with van der Waals surface area (Å²) in [5.74, 6) is -0.907. The first kappa shape index (κ1) is 13.6. The zero-order chi connectivity index (χ0) is 14.0. The summed E-state index contributed by atoms with van der Waals surface area (Å²) < 4.78 is 0. The van der Waals surface area contributed by atoms with Gasteiger partial charge in [0.15, 0.2) is 0 Å². The second kappa shape index (κ2) is 5.45. The highest BCUT2D eigenvalue weighted by molar-refractivity contribution is 6.03. The fourth-order valence-electron chi connectivity index (χ4n) is 2.49. The Kier molecular flexibility index (Phi) is 3.90. The van der Waals surface area contributed by atoms with E-state index in [9.17, 15) is 9.90 Å². The number of nitrogens with one attached hydrogen (secondary N) is 1. The second-order valence-corrected chi connectivity index (χ2v) is 4.78. The summed E-state index contributed by atoms with van der Waals surface area (Å²) in [6.07, 6.45) is 2.25. The van der Waals surface area contributed by atoms with E-state index in [1.807, 2.05) is 13.8 Å². The number of aromatic carboxylic acids is 1. The van der Waals surface area contributed by atoms with Gasteiger partial charge in [0.1, 0.15) is 0 Å². The van der Waals surface area contributed by atoms with Crippen molar-refractivity contribution in [1.82, 2.24) is 4.98 Å². The van der Waals surface area contributed by atoms with Crippen molar-refractivity contribution < 1.29 is 15.0 Å². The molecule has 0 bridgehead atoms. The number of aromatic amines is 1. The van der Waals surface area contributed by atoms with E-state index in [-0.39, 0.29) is 6.61 Å². The van der Waals surface area contributed by atoms with Gasteiger partial charge in [-0.2, -0.15) is 0 Å². The van der Waals surface area contributed by atoms with Gasteiger partial charge < -0.3 is 15.2 Å². The lowest BCUT2D eigenvalue weighted by molar-refractivity contribution is 0.0698. The minimum Gasteiger partial charge on any atom is -0.478 e. The van der Waals surface area contributed by atoms with E-state index in [4.69, 9.17) is 5.11 Å². The van der Waals surface area contributed by atoms with Gasteiger partial charge in [-0.3, -0.25) is 0 Å². The monoisotopic (exact) mass is 261 g/mol. The molecule has 0 aliphatic rings. The predicted molar refractivity (Wildman–Crippen MR) is 74.8 cm³/mol. The molecule has 2 aromatic rings. The third kappa shape index (κ3) is 2.49. The van der Waals surface area contributed by atoms with E-state index < -0.39 is 5.97 Å². The first-order valence-electron chi connectivity index (χ1n) is 6.56. The topological polar surface area (TPSA) is 73.3 Å². The molecule has 1 aromatic carbocycles. The van der Waals surface area contributed by atoms with Crippen molar-refractivity contribution in [2.75, 3.05) is 6.61 Å². The number of carbonyl (C=O) groups is 1. The van der Waals surface area contributed by atoms with Gasteiger partial charge in [0.25, 0.3) is 0 Å². The lowest BCUT2D eigenvalue weighted by atomic mass is 10.00. The summed E-state index contributed by atoms with van der Waals surface area (Å²) in [5, 5.41) is 19.3. The molecule has 4 heteroatoms. The maximum atomic E-state index is 11.4. The number of hydrogen-bond acceptors (Lipinski definition) is 2. The largest absolute Gasteiger partial charge is 0.478 e. The molecule has 0 amide bonds. The highest BCUT2D eigenvalue weighted by atomic mass is 16.4. The maximum absolute atomic E-state index is 11.4. The number of rotatable bonds is 5. The Bertz CT molecular complexity index is 613.